The number of nitrogens with one attached hydrogen (secondary N) is 1. The lowest BCUT2D eigenvalue weighted by atomic mass is 10.2. The molecule has 0 aliphatic carbocycles. The predicted molar refractivity (Wildman–Crippen MR) is 115 cm³/mol. The standard InChI is InChI=1S/C20H13Cl2N5S/c21-14-3-7-16(8-4-14)24-19-25-18(13-2-1-11-23-12-13)26-20(28)27(19)17-9-5-15(22)6-10-17/h1-12H,(H,24,25,26,28). The summed E-state index contributed by atoms with van der Waals surface area (Å²) >= 11 is 17.6. The molecule has 0 fully saturated rings. The number of pyridine rings is 1. The molecule has 0 radical (unpaired) electrons. The summed E-state index contributed by atoms with van der Waals surface area (Å²) in [6.45, 7) is 0. The summed E-state index contributed by atoms with van der Waals surface area (Å²) in [5.74, 6) is 1.00. The molecule has 0 atom stereocenters. The summed E-state index contributed by atoms with van der Waals surface area (Å²) in [6, 6.07) is 18.3. The molecule has 0 saturated heterocycles. The van der Waals surface area contributed by atoms with Crippen molar-refractivity contribution < 1.29 is 0 Å². The molecule has 2 heterocycles. The average molecular weight is 426 g/mol. The highest BCUT2D eigenvalue weighted by molar-refractivity contribution is 7.71. The van der Waals surface area contributed by atoms with Gasteiger partial charge in [0.25, 0.3) is 0 Å². The van der Waals surface area contributed by atoms with Crippen LogP contribution >= 0.6 is 35.4 Å². The van der Waals surface area contributed by atoms with Crippen LogP contribution in [0.3, 0.4) is 0 Å². The molecule has 4 rings (SSSR count). The van der Waals surface area contributed by atoms with Crippen molar-refractivity contribution in [3.05, 3.63) is 87.9 Å². The molecule has 2 aromatic carbocycles. The zero-order valence-electron chi connectivity index (χ0n) is 14.4. The van der Waals surface area contributed by atoms with Crippen LogP contribution in [-0.2, 0) is 0 Å². The number of halogens is 2. The van der Waals surface area contributed by atoms with Gasteiger partial charge < -0.3 is 5.32 Å². The van der Waals surface area contributed by atoms with Gasteiger partial charge in [0.1, 0.15) is 0 Å². The molecular formula is C20H13Cl2N5S. The smallest absolute Gasteiger partial charge is 0.216 e. The molecule has 0 amide bonds. The zero-order chi connectivity index (χ0) is 19.5. The van der Waals surface area contributed by atoms with E-state index in [1.165, 1.54) is 0 Å². The van der Waals surface area contributed by atoms with E-state index in [0.29, 0.717) is 26.6 Å². The van der Waals surface area contributed by atoms with Gasteiger partial charge in [0, 0.05) is 33.7 Å². The number of nitrogens with zero attached hydrogens (tertiary/aromatic N) is 4. The van der Waals surface area contributed by atoms with Crippen LogP contribution in [0.25, 0.3) is 17.1 Å². The van der Waals surface area contributed by atoms with Gasteiger partial charge in [-0.25, -0.2) is 0 Å². The Morgan fingerprint density at radius 1 is 0.857 bits per heavy atom. The van der Waals surface area contributed by atoms with Crippen LogP contribution in [-0.4, -0.2) is 19.5 Å². The highest BCUT2D eigenvalue weighted by Gasteiger charge is 2.12. The largest absolute Gasteiger partial charge is 0.325 e. The number of anilines is 2. The highest BCUT2D eigenvalue weighted by atomic mass is 35.5. The fourth-order valence-electron chi connectivity index (χ4n) is 2.60. The van der Waals surface area contributed by atoms with E-state index in [0.717, 1.165) is 16.9 Å². The van der Waals surface area contributed by atoms with Crippen molar-refractivity contribution in [2.75, 3.05) is 5.32 Å². The molecule has 1 N–H and O–H groups in total. The molecule has 0 bridgehead atoms. The van der Waals surface area contributed by atoms with Gasteiger partial charge in [-0.05, 0) is 72.9 Å². The monoisotopic (exact) mass is 425 g/mol. The van der Waals surface area contributed by atoms with Gasteiger partial charge in [-0.2, -0.15) is 9.97 Å². The van der Waals surface area contributed by atoms with Gasteiger partial charge in [0.2, 0.25) is 10.7 Å². The fraction of sp³-hybridized carbons (Fsp3) is 0. The van der Waals surface area contributed by atoms with Gasteiger partial charge in [0.05, 0.1) is 5.69 Å². The summed E-state index contributed by atoms with van der Waals surface area (Å²) in [5, 5.41) is 4.58. The first-order valence-corrected chi connectivity index (χ1v) is 9.46. The maximum atomic E-state index is 6.03. The topological polar surface area (TPSA) is 55.6 Å². The van der Waals surface area contributed by atoms with Crippen molar-refractivity contribution >= 4 is 47.1 Å². The molecule has 0 saturated carbocycles. The van der Waals surface area contributed by atoms with Crippen LogP contribution in [0.2, 0.25) is 10.0 Å². The SMILES string of the molecule is S=c1nc(-c2cccnc2)nc(Nc2ccc(Cl)cc2)n1-c1ccc(Cl)cc1. The second-order valence-electron chi connectivity index (χ2n) is 5.84. The summed E-state index contributed by atoms with van der Waals surface area (Å²) in [4.78, 5) is 13.3. The minimum absolute atomic E-state index is 0.354. The van der Waals surface area contributed by atoms with Crippen LogP contribution in [0, 0.1) is 4.77 Å². The molecule has 8 heteroatoms. The third-order valence-electron chi connectivity index (χ3n) is 3.92. The van der Waals surface area contributed by atoms with Crippen LogP contribution in [0.15, 0.2) is 73.1 Å². The second kappa shape index (κ2) is 8.06. The van der Waals surface area contributed by atoms with E-state index >= 15 is 0 Å². The first-order valence-electron chi connectivity index (χ1n) is 8.30. The Balaban J connectivity index is 1.87. The first kappa shape index (κ1) is 18.6. The van der Waals surface area contributed by atoms with Crippen LogP contribution in [0.5, 0.6) is 0 Å². The van der Waals surface area contributed by atoms with Gasteiger partial charge in [0.15, 0.2) is 5.82 Å². The van der Waals surface area contributed by atoms with E-state index in [4.69, 9.17) is 35.4 Å². The first-order chi connectivity index (χ1) is 13.6. The Morgan fingerprint density at radius 2 is 1.54 bits per heavy atom. The van der Waals surface area contributed by atoms with E-state index < -0.39 is 0 Å². The Hall–Kier alpha value is -2.80. The summed E-state index contributed by atoms with van der Waals surface area (Å²) in [5.41, 5.74) is 2.39. The molecule has 0 aliphatic heterocycles. The molecule has 0 unspecified atom stereocenters. The molecule has 0 aliphatic rings. The van der Waals surface area contributed by atoms with Gasteiger partial charge in [-0.3, -0.25) is 9.55 Å². The van der Waals surface area contributed by atoms with E-state index in [-0.39, 0.29) is 0 Å². The maximum Gasteiger partial charge on any atom is 0.216 e. The summed E-state index contributed by atoms with van der Waals surface area (Å²) in [6.07, 6.45) is 3.39. The lowest BCUT2D eigenvalue weighted by Gasteiger charge is -2.15. The zero-order valence-corrected chi connectivity index (χ0v) is 16.7. The molecule has 28 heavy (non-hydrogen) atoms. The lowest BCUT2D eigenvalue weighted by molar-refractivity contribution is 0.911. The van der Waals surface area contributed by atoms with Crippen LogP contribution in [0.4, 0.5) is 11.6 Å². The number of rotatable bonds is 4. The number of hydrogen-bond donors (Lipinski definition) is 1. The Bertz CT molecular complexity index is 1160. The van der Waals surface area contributed by atoms with Crippen molar-refractivity contribution in [3.63, 3.8) is 0 Å². The van der Waals surface area contributed by atoms with E-state index in [9.17, 15) is 0 Å². The Morgan fingerprint density at radius 3 is 2.18 bits per heavy atom. The predicted octanol–water partition coefficient (Wildman–Crippen LogP) is 6.11. The number of aromatic nitrogens is 4. The minimum atomic E-state index is 0.354. The van der Waals surface area contributed by atoms with Crippen LogP contribution < -0.4 is 5.32 Å². The van der Waals surface area contributed by atoms with Gasteiger partial charge in [-0.1, -0.05) is 23.2 Å². The summed E-state index contributed by atoms with van der Waals surface area (Å²) in [7, 11) is 0. The molecule has 5 nitrogen and oxygen atoms in total. The van der Waals surface area contributed by atoms with E-state index in [2.05, 4.69) is 20.3 Å². The van der Waals surface area contributed by atoms with Crippen LogP contribution in [0.1, 0.15) is 0 Å². The van der Waals surface area contributed by atoms with Crippen molar-refractivity contribution in [1.82, 2.24) is 19.5 Å². The molecule has 4 aromatic rings. The maximum absolute atomic E-state index is 6.03. The summed E-state index contributed by atoms with van der Waals surface area (Å²) < 4.78 is 2.10. The number of benzene rings is 2. The van der Waals surface area contributed by atoms with Crippen molar-refractivity contribution in [3.8, 4) is 17.1 Å². The molecule has 0 spiro atoms. The molecule has 138 valence electrons. The fourth-order valence-corrected chi connectivity index (χ4v) is 3.13. The minimum Gasteiger partial charge on any atom is -0.325 e. The van der Waals surface area contributed by atoms with E-state index in [1.807, 2.05) is 36.4 Å². The third-order valence-corrected chi connectivity index (χ3v) is 4.70. The highest BCUT2D eigenvalue weighted by Crippen LogP contribution is 2.24. The van der Waals surface area contributed by atoms with Crippen molar-refractivity contribution in [2.45, 2.75) is 0 Å². The average Bonchev–Trinajstić information content (AvgIpc) is 2.71. The molecular weight excluding hydrogens is 413 g/mol. The van der Waals surface area contributed by atoms with E-state index in [1.54, 1.807) is 41.2 Å². The lowest BCUT2D eigenvalue weighted by Crippen LogP contribution is -2.10. The van der Waals surface area contributed by atoms with Gasteiger partial charge >= 0.3 is 0 Å². The Kier molecular flexibility index (Phi) is 5.34. The van der Waals surface area contributed by atoms with Gasteiger partial charge in [-0.15, -0.1) is 0 Å². The van der Waals surface area contributed by atoms with Crippen molar-refractivity contribution in [1.29, 1.82) is 0 Å². The van der Waals surface area contributed by atoms with Crippen molar-refractivity contribution in [2.24, 2.45) is 0 Å². The molecule has 2 aromatic heterocycles. The normalized spacial score (nSPS) is 10.6. The number of hydrogen-bond acceptors (Lipinski definition) is 5. The second-order valence-corrected chi connectivity index (χ2v) is 7.08. The Labute approximate surface area is 176 Å². The quantitative estimate of drug-likeness (QED) is 0.399. The third kappa shape index (κ3) is 4.04.